The molecule has 0 bridgehead atoms. The first-order valence-electron chi connectivity index (χ1n) is 6.62. The molecule has 0 aromatic carbocycles. The van der Waals surface area contributed by atoms with E-state index < -0.39 is 0 Å². The predicted octanol–water partition coefficient (Wildman–Crippen LogP) is 0.257. The van der Waals surface area contributed by atoms with Crippen molar-refractivity contribution in [3.8, 4) is 0 Å². The van der Waals surface area contributed by atoms with Crippen molar-refractivity contribution in [1.29, 1.82) is 0 Å². The van der Waals surface area contributed by atoms with E-state index in [1.807, 2.05) is 7.05 Å². The van der Waals surface area contributed by atoms with Crippen LogP contribution in [0.15, 0.2) is 31.0 Å². The van der Waals surface area contributed by atoms with Crippen molar-refractivity contribution in [3.63, 3.8) is 0 Å². The minimum absolute atomic E-state index is 0.0764. The summed E-state index contributed by atoms with van der Waals surface area (Å²) >= 11 is 0.0764. The summed E-state index contributed by atoms with van der Waals surface area (Å²) in [5.41, 5.74) is 12.7. The maximum atomic E-state index is 5.84. The standard InChI is InChI=1S/C13H22AsN6/c1-19-6-7-20(10-19)5-3-14-2-4-17-13-12(16)8-11(15)9-18-13/h6-10,14H,2-5,15-16H2,1H3,(H,17,18)/q+1. The van der Waals surface area contributed by atoms with Crippen molar-refractivity contribution in [3.05, 3.63) is 31.0 Å². The molecule has 0 aliphatic rings. The van der Waals surface area contributed by atoms with E-state index in [-0.39, 0.29) is 15.8 Å². The quantitative estimate of drug-likeness (QED) is 0.384. The summed E-state index contributed by atoms with van der Waals surface area (Å²) in [7, 11) is 2.04. The summed E-state index contributed by atoms with van der Waals surface area (Å²) in [6.45, 7) is 2.05. The number of hydrogen-bond donors (Lipinski definition) is 3. The Hall–Kier alpha value is -1.68. The van der Waals surface area contributed by atoms with Gasteiger partial charge in [0.05, 0.1) is 0 Å². The fraction of sp³-hybridized carbons (Fsp3) is 0.385. The molecule has 1 unspecified atom stereocenters. The normalized spacial score (nSPS) is 11.2. The van der Waals surface area contributed by atoms with Crippen LogP contribution >= 0.6 is 0 Å². The van der Waals surface area contributed by atoms with Gasteiger partial charge in [-0.25, -0.2) is 0 Å². The van der Waals surface area contributed by atoms with E-state index in [4.69, 9.17) is 11.5 Å². The number of anilines is 3. The zero-order valence-electron chi connectivity index (χ0n) is 11.7. The van der Waals surface area contributed by atoms with Crippen molar-refractivity contribution < 1.29 is 4.57 Å². The van der Waals surface area contributed by atoms with Crippen molar-refractivity contribution in [2.45, 2.75) is 17.0 Å². The summed E-state index contributed by atoms with van der Waals surface area (Å²) < 4.78 is 4.30. The van der Waals surface area contributed by atoms with E-state index in [2.05, 4.69) is 38.2 Å². The van der Waals surface area contributed by atoms with Crippen molar-refractivity contribution in [1.82, 2.24) is 9.55 Å². The van der Waals surface area contributed by atoms with Crippen LogP contribution in [0.25, 0.3) is 0 Å². The van der Waals surface area contributed by atoms with Gasteiger partial charge in [-0.3, -0.25) is 0 Å². The van der Waals surface area contributed by atoms with Crippen molar-refractivity contribution in [2.75, 3.05) is 23.3 Å². The first kappa shape index (κ1) is 14.7. The topological polar surface area (TPSA) is 85.8 Å². The average Bonchev–Trinajstić information content (AvgIpc) is 2.81. The van der Waals surface area contributed by atoms with Crippen LogP contribution in [0.5, 0.6) is 0 Å². The van der Waals surface area contributed by atoms with Gasteiger partial charge in [0.2, 0.25) is 0 Å². The Labute approximate surface area is 125 Å². The second-order valence-corrected chi connectivity index (χ2v) is 7.85. The van der Waals surface area contributed by atoms with Crippen molar-refractivity contribution in [2.24, 2.45) is 7.05 Å². The molecule has 108 valence electrons. The number of nitrogens with one attached hydrogen (secondary N) is 1. The Kier molecular flexibility index (Phi) is 5.30. The zero-order chi connectivity index (χ0) is 14.4. The molecule has 0 radical (unpaired) electrons. The molecule has 2 aromatic rings. The number of nitrogens with two attached hydrogens (primary N) is 2. The van der Waals surface area contributed by atoms with Crippen LogP contribution in [-0.2, 0) is 13.6 Å². The molecule has 0 fully saturated rings. The van der Waals surface area contributed by atoms with Crippen LogP contribution in [0, 0.1) is 0 Å². The van der Waals surface area contributed by atoms with Gasteiger partial charge in [-0.2, -0.15) is 0 Å². The van der Waals surface area contributed by atoms with Crippen molar-refractivity contribution >= 4 is 32.9 Å². The number of imidazole rings is 1. The fourth-order valence-corrected chi connectivity index (χ4v) is 3.91. The van der Waals surface area contributed by atoms with Crippen LogP contribution in [0.4, 0.5) is 17.2 Å². The van der Waals surface area contributed by atoms with Gasteiger partial charge in [-0.15, -0.1) is 0 Å². The van der Waals surface area contributed by atoms with Gasteiger partial charge in [-0.1, -0.05) is 0 Å². The molecule has 2 rings (SSSR count). The van der Waals surface area contributed by atoms with E-state index in [0.29, 0.717) is 11.4 Å². The van der Waals surface area contributed by atoms with E-state index in [0.717, 1.165) is 18.9 Å². The van der Waals surface area contributed by atoms with E-state index in [9.17, 15) is 0 Å². The third kappa shape index (κ3) is 4.45. The minimum atomic E-state index is 0.0764. The molecule has 1 atom stereocenters. The molecule has 7 heteroatoms. The Morgan fingerprint density at radius 3 is 2.95 bits per heavy atom. The van der Waals surface area contributed by atoms with Crippen LogP contribution in [-0.4, -0.2) is 31.8 Å². The third-order valence-electron chi connectivity index (χ3n) is 2.90. The summed E-state index contributed by atoms with van der Waals surface area (Å²) in [6, 6.07) is 1.73. The summed E-state index contributed by atoms with van der Waals surface area (Å²) in [6.07, 6.45) is 7.92. The second-order valence-electron chi connectivity index (χ2n) is 4.70. The van der Waals surface area contributed by atoms with E-state index >= 15 is 0 Å². The first-order valence-corrected chi connectivity index (χ1v) is 9.58. The molecule has 6 nitrogen and oxygen atoms in total. The monoisotopic (exact) mass is 337 g/mol. The summed E-state index contributed by atoms with van der Waals surface area (Å²) in [5, 5.41) is 5.79. The number of nitrogens with zero attached hydrogens (tertiary/aromatic N) is 3. The van der Waals surface area contributed by atoms with Gasteiger partial charge in [0.1, 0.15) is 0 Å². The van der Waals surface area contributed by atoms with Gasteiger partial charge < -0.3 is 0 Å². The van der Waals surface area contributed by atoms with E-state index in [1.54, 1.807) is 12.3 Å². The molecule has 2 aromatic heterocycles. The van der Waals surface area contributed by atoms with Crippen LogP contribution in [0.2, 0.25) is 10.4 Å². The number of hydrogen-bond acceptors (Lipinski definition) is 4. The SMILES string of the molecule is C[n+]1ccn(CC[AsH]CCNc2ncc(N)cc2N)c1. The van der Waals surface area contributed by atoms with Gasteiger partial charge in [0, 0.05) is 0 Å². The summed E-state index contributed by atoms with van der Waals surface area (Å²) in [4.78, 5) is 4.19. The number of aryl methyl sites for hydroxylation is 2. The average molecular weight is 337 g/mol. The third-order valence-corrected chi connectivity index (χ3v) is 5.38. The molecular weight excluding hydrogens is 315 g/mol. The van der Waals surface area contributed by atoms with Gasteiger partial charge in [-0.05, 0) is 0 Å². The van der Waals surface area contributed by atoms with Gasteiger partial charge in [0.15, 0.2) is 0 Å². The molecule has 0 saturated carbocycles. The Bertz CT molecular complexity index is 554. The zero-order valence-corrected chi connectivity index (χ0v) is 13.8. The number of nitrogen functional groups attached to an aromatic ring is 2. The molecule has 2 heterocycles. The molecule has 20 heavy (non-hydrogen) atoms. The number of rotatable bonds is 7. The van der Waals surface area contributed by atoms with Gasteiger partial charge >= 0.3 is 125 Å². The van der Waals surface area contributed by atoms with Gasteiger partial charge in [0.25, 0.3) is 0 Å². The summed E-state index contributed by atoms with van der Waals surface area (Å²) in [5.74, 6) is 0.739. The Morgan fingerprint density at radius 2 is 2.25 bits per heavy atom. The molecular formula is C13H22AsN6+. The number of pyridine rings is 1. The first-order chi connectivity index (χ1) is 9.65. The van der Waals surface area contributed by atoms with Crippen LogP contribution < -0.4 is 21.4 Å². The maximum absolute atomic E-state index is 5.84. The molecule has 0 saturated heterocycles. The molecule has 5 N–H and O–H groups in total. The second kappa shape index (κ2) is 7.19. The Balaban J connectivity index is 1.62. The molecule has 0 aliphatic carbocycles. The van der Waals surface area contributed by atoms with Crippen LogP contribution in [0.1, 0.15) is 0 Å². The van der Waals surface area contributed by atoms with Crippen LogP contribution in [0.3, 0.4) is 0 Å². The fourth-order valence-electron chi connectivity index (χ4n) is 1.88. The number of aromatic nitrogens is 3. The Morgan fingerprint density at radius 1 is 1.40 bits per heavy atom. The molecule has 0 spiro atoms. The predicted molar refractivity (Wildman–Crippen MR) is 83.9 cm³/mol. The molecule has 0 amide bonds. The molecule has 0 aliphatic heterocycles. The van der Waals surface area contributed by atoms with E-state index in [1.165, 1.54) is 10.4 Å².